The maximum absolute atomic E-state index is 13.0. The molecule has 152 valence electrons. The van der Waals surface area contributed by atoms with E-state index in [1.165, 1.54) is 19.2 Å². The molecular weight excluding hydrogens is 404 g/mol. The summed E-state index contributed by atoms with van der Waals surface area (Å²) >= 11 is 6.03. The fourth-order valence-electron chi connectivity index (χ4n) is 2.83. The number of hydrogen-bond acceptors (Lipinski definition) is 4. The van der Waals surface area contributed by atoms with Crippen LogP contribution >= 0.6 is 11.6 Å². The Labute approximate surface area is 178 Å². The first-order valence-corrected chi connectivity index (χ1v) is 9.47. The van der Waals surface area contributed by atoms with Gasteiger partial charge in [-0.2, -0.15) is 0 Å². The van der Waals surface area contributed by atoms with Crippen molar-refractivity contribution < 1.29 is 19.1 Å². The molecule has 0 heterocycles. The number of benzene rings is 3. The first kappa shape index (κ1) is 21.1. The fraction of sp³-hybridized carbons (Fsp3) is 0.0870. The zero-order valence-electron chi connectivity index (χ0n) is 16.1. The molecule has 0 saturated heterocycles. The van der Waals surface area contributed by atoms with Crippen molar-refractivity contribution >= 4 is 35.1 Å². The van der Waals surface area contributed by atoms with Crippen molar-refractivity contribution in [1.82, 2.24) is 5.32 Å². The number of anilines is 1. The van der Waals surface area contributed by atoms with Gasteiger partial charge >= 0.3 is 5.97 Å². The van der Waals surface area contributed by atoms with Crippen molar-refractivity contribution in [2.75, 3.05) is 12.4 Å². The van der Waals surface area contributed by atoms with Gasteiger partial charge in [-0.1, -0.05) is 60.1 Å². The standard InChI is InChI=1S/C23H19ClN2O4/c1-30-23(29)18-14-17(12-13-19(18)24)25-22(28)20(15-8-4-2-5-9-15)26-21(27)16-10-6-3-7-11-16/h2-14,20H,1H3,(H,25,28)(H,26,27). The largest absolute Gasteiger partial charge is 0.465 e. The van der Waals surface area contributed by atoms with Crippen LogP contribution in [0.4, 0.5) is 5.69 Å². The fourth-order valence-corrected chi connectivity index (χ4v) is 3.03. The molecule has 3 rings (SSSR count). The first-order chi connectivity index (χ1) is 14.5. The Morgan fingerprint density at radius 2 is 1.53 bits per heavy atom. The molecule has 0 bridgehead atoms. The summed E-state index contributed by atoms with van der Waals surface area (Å²) in [6, 6.07) is 21.0. The summed E-state index contributed by atoms with van der Waals surface area (Å²) in [5.74, 6) is -1.47. The predicted molar refractivity (Wildman–Crippen MR) is 115 cm³/mol. The number of esters is 1. The second-order valence-corrected chi connectivity index (χ2v) is 6.77. The Morgan fingerprint density at radius 1 is 0.900 bits per heavy atom. The van der Waals surface area contributed by atoms with Crippen LogP contribution in [-0.2, 0) is 9.53 Å². The van der Waals surface area contributed by atoms with Gasteiger partial charge in [0.2, 0.25) is 0 Å². The lowest BCUT2D eigenvalue weighted by molar-refractivity contribution is -0.118. The summed E-state index contributed by atoms with van der Waals surface area (Å²) in [5.41, 5.74) is 1.52. The third kappa shape index (κ3) is 5.04. The molecule has 0 fully saturated rings. The molecule has 3 aromatic rings. The minimum atomic E-state index is -0.948. The molecule has 0 aliphatic rings. The van der Waals surface area contributed by atoms with Crippen molar-refractivity contribution in [2.24, 2.45) is 0 Å². The van der Waals surface area contributed by atoms with Gasteiger partial charge in [-0.3, -0.25) is 9.59 Å². The molecule has 30 heavy (non-hydrogen) atoms. The monoisotopic (exact) mass is 422 g/mol. The van der Waals surface area contributed by atoms with Crippen molar-refractivity contribution in [3.63, 3.8) is 0 Å². The van der Waals surface area contributed by atoms with E-state index in [4.69, 9.17) is 16.3 Å². The Kier molecular flexibility index (Phi) is 6.83. The van der Waals surface area contributed by atoms with Crippen LogP contribution in [0.3, 0.4) is 0 Å². The molecule has 0 radical (unpaired) electrons. The van der Waals surface area contributed by atoms with Crippen LogP contribution in [0, 0.1) is 0 Å². The van der Waals surface area contributed by atoms with E-state index in [1.807, 2.05) is 6.07 Å². The van der Waals surface area contributed by atoms with Crippen LogP contribution in [0.2, 0.25) is 5.02 Å². The molecule has 1 unspecified atom stereocenters. The van der Waals surface area contributed by atoms with Gasteiger partial charge in [-0.25, -0.2) is 4.79 Å². The third-order valence-corrected chi connectivity index (χ3v) is 4.68. The molecule has 1 atom stereocenters. The molecule has 6 nitrogen and oxygen atoms in total. The minimum Gasteiger partial charge on any atom is -0.465 e. The number of carbonyl (C=O) groups is 3. The van der Waals surface area contributed by atoms with Gasteiger partial charge in [0.25, 0.3) is 11.8 Å². The van der Waals surface area contributed by atoms with Crippen molar-refractivity contribution in [3.05, 3.63) is 101 Å². The lowest BCUT2D eigenvalue weighted by Crippen LogP contribution is -2.37. The summed E-state index contributed by atoms with van der Waals surface area (Å²) in [6.45, 7) is 0. The van der Waals surface area contributed by atoms with Crippen molar-refractivity contribution in [3.8, 4) is 0 Å². The van der Waals surface area contributed by atoms with E-state index >= 15 is 0 Å². The second kappa shape index (κ2) is 9.71. The highest BCUT2D eigenvalue weighted by Crippen LogP contribution is 2.23. The molecule has 3 aromatic carbocycles. The van der Waals surface area contributed by atoms with Crippen LogP contribution < -0.4 is 10.6 Å². The second-order valence-electron chi connectivity index (χ2n) is 6.36. The maximum Gasteiger partial charge on any atom is 0.339 e. The van der Waals surface area contributed by atoms with Gasteiger partial charge in [0.1, 0.15) is 6.04 Å². The normalized spacial score (nSPS) is 11.3. The van der Waals surface area contributed by atoms with E-state index < -0.39 is 17.9 Å². The van der Waals surface area contributed by atoms with Gasteiger partial charge in [-0.05, 0) is 35.9 Å². The average molecular weight is 423 g/mol. The number of rotatable bonds is 6. The lowest BCUT2D eigenvalue weighted by Gasteiger charge is -2.19. The minimum absolute atomic E-state index is 0.126. The van der Waals surface area contributed by atoms with Crippen LogP contribution in [0.1, 0.15) is 32.3 Å². The average Bonchev–Trinajstić information content (AvgIpc) is 2.79. The number of methoxy groups -OCH3 is 1. The zero-order valence-corrected chi connectivity index (χ0v) is 16.8. The number of carbonyl (C=O) groups excluding carboxylic acids is 3. The van der Waals surface area contributed by atoms with Crippen molar-refractivity contribution in [2.45, 2.75) is 6.04 Å². The SMILES string of the molecule is COC(=O)c1cc(NC(=O)C(NC(=O)c2ccccc2)c2ccccc2)ccc1Cl. The van der Waals surface area contributed by atoms with Gasteiger partial charge in [0, 0.05) is 11.3 Å². The summed E-state index contributed by atoms with van der Waals surface area (Å²) < 4.78 is 4.70. The van der Waals surface area contributed by atoms with Crippen LogP contribution in [0.15, 0.2) is 78.9 Å². The molecular formula is C23H19ClN2O4. The zero-order chi connectivity index (χ0) is 21.5. The highest BCUT2D eigenvalue weighted by atomic mass is 35.5. The molecule has 0 aliphatic heterocycles. The van der Waals surface area contributed by atoms with Crippen LogP contribution in [-0.4, -0.2) is 24.9 Å². The lowest BCUT2D eigenvalue weighted by atomic mass is 10.0. The number of nitrogens with one attached hydrogen (secondary N) is 2. The summed E-state index contributed by atoms with van der Waals surface area (Å²) in [5, 5.41) is 5.69. The van der Waals surface area contributed by atoms with E-state index in [0.29, 0.717) is 16.8 Å². The molecule has 0 spiro atoms. The van der Waals surface area contributed by atoms with Gasteiger partial charge < -0.3 is 15.4 Å². The topological polar surface area (TPSA) is 84.5 Å². The smallest absolute Gasteiger partial charge is 0.339 e. The number of halogens is 1. The Hall–Kier alpha value is -3.64. The summed E-state index contributed by atoms with van der Waals surface area (Å²) in [7, 11) is 1.24. The highest BCUT2D eigenvalue weighted by Gasteiger charge is 2.24. The number of ether oxygens (including phenoxy) is 1. The van der Waals surface area contributed by atoms with E-state index in [2.05, 4.69) is 10.6 Å². The van der Waals surface area contributed by atoms with E-state index in [1.54, 1.807) is 60.7 Å². The Balaban J connectivity index is 1.86. The van der Waals surface area contributed by atoms with E-state index in [9.17, 15) is 14.4 Å². The maximum atomic E-state index is 13.0. The van der Waals surface area contributed by atoms with Crippen LogP contribution in [0.25, 0.3) is 0 Å². The van der Waals surface area contributed by atoms with Gasteiger partial charge in [0.15, 0.2) is 0 Å². The van der Waals surface area contributed by atoms with Gasteiger partial charge in [-0.15, -0.1) is 0 Å². The molecule has 2 amide bonds. The van der Waals surface area contributed by atoms with Crippen LogP contribution in [0.5, 0.6) is 0 Å². The molecule has 0 aromatic heterocycles. The first-order valence-electron chi connectivity index (χ1n) is 9.09. The molecule has 2 N–H and O–H groups in total. The highest BCUT2D eigenvalue weighted by molar-refractivity contribution is 6.33. The Morgan fingerprint density at radius 3 is 2.17 bits per heavy atom. The summed E-state index contributed by atoms with van der Waals surface area (Å²) in [4.78, 5) is 37.5. The van der Waals surface area contributed by atoms with E-state index in [-0.39, 0.29) is 16.5 Å². The Bertz CT molecular complexity index is 1060. The molecule has 7 heteroatoms. The van der Waals surface area contributed by atoms with E-state index in [0.717, 1.165) is 0 Å². The summed E-state index contributed by atoms with van der Waals surface area (Å²) in [6.07, 6.45) is 0. The number of hydrogen-bond donors (Lipinski definition) is 2. The molecule has 0 aliphatic carbocycles. The third-order valence-electron chi connectivity index (χ3n) is 4.35. The quantitative estimate of drug-likeness (QED) is 0.582. The molecule has 0 saturated carbocycles. The van der Waals surface area contributed by atoms with Crippen molar-refractivity contribution in [1.29, 1.82) is 0 Å². The van der Waals surface area contributed by atoms with Gasteiger partial charge in [0.05, 0.1) is 17.7 Å². The number of amides is 2. The predicted octanol–water partition coefficient (Wildman–Crippen LogP) is 4.24.